The number of rotatable bonds is 3. The Kier molecular flexibility index (Phi) is 7.91. The first-order valence-electron chi connectivity index (χ1n) is 13.4. The van der Waals surface area contributed by atoms with Gasteiger partial charge in [0.25, 0.3) is 0 Å². The van der Waals surface area contributed by atoms with E-state index in [2.05, 4.69) is 46.4 Å². The fourth-order valence-electron chi connectivity index (χ4n) is 5.07. The normalized spacial score (nSPS) is 10.7. The van der Waals surface area contributed by atoms with E-state index in [1.807, 2.05) is 108 Å². The molecule has 8 aromatic rings. The average molecular weight is 719 g/mol. The zero-order valence-corrected chi connectivity index (χ0v) is 24.8. The van der Waals surface area contributed by atoms with E-state index in [4.69, 9.17) is 9.97 Å². The van der Waals surface area contributed by atoms with Gasteiger partial charge in [0, 0.05) is 43.7 Å². The molecule has 0 saturated heterocycles. The molecule has 0 saturated carbocycles. The van der Waals surface area contributed by atoms with Gasteiger partial charge in [-0.2, -0.15) is 0 Å². The number of fused-ring (bicyclic) bond motifs is 7. The van der Waals surface area contributed by atoms with E-state index in [9.17, 15) is 0 Å². The summed E-state index contributed by atoms with van der Waals surface area (Å²) in [6.07, 6.45) is 3.57. The van der Waals surface area contributed by atoms with Gasteiger partial charge >= 0.3 is 0 Å². The molecule has 3 aromatic heterocycles. The number of hydrogen-bond donors (Lipinski definition) is 0. The Morgan fingerprint density at radius 1 is 0.476 bits per heavy atom. The monoisotopic (exact) mass is 719 g/mol. The summed E-state index contributed by atoms with van der Waals surface area (Å²) >= 11 is 0. The van der Waals surface area contributed by atoms with E-state index >= 15 is 0 Å². The van der Waals surface area contributed by atoms with Crippen LogP contribution in [-0.4, -0.2) is 19.9 Å². The van der Waals surface area contributed by atoms with Crippen molar-refractivity contribution in [1.29, 1.82) is 0 Å². The Balaban J connectivity index is 0.000000149. The van der Waals surface area contributed by atoms with Crippen molar-refractivity contribution in [2.24, 2.45) is 0 Å². The molecular weight excluding hydrogens is 695 g/mol. The first kappa shape index (κ1) is 27.2. The summed E-state index contributed by atoms with van der Waals surface area (Å²) in [7, 11) is 0. The Bertz CT molecular complexity index is 1920. The first-order valence-corrected chi connectivity index (χ1v) is 13.4. The summed E-state index contributed by atoms with van der Waals surface area (Å²) in [5.74, 6) is 1.71. The minimum Gasteiger partial charge on any atom is -0.292 e. The Morgan fingerprint density at radius 2 is 1.02 bits per heavy atom. The van der Waals surface area contributed by atoms with Gasteiger partial charge in [0.1, 0.15) is 11.6 Å². The number of benzene rings is 5. The third kappa shape index (κ3) is 5.21. The van der Waals surface area contributed by atoms with Crippen molar-refractivity contribution in [2.45, 2.75) is 0 Å². The fraction of sp³-hybridized carbons (Fsp3) is 0. The van der Waals surface area contributed by atoms with Crippen LogP contribution in [0.15, 0.2) is 146 Å². The van der Waals surface area contributed by atoms with Crippen LogP contribution in [0.1, 0.15) is 0 Å². The van der Waals surface area contributed by atoms with Gasteiger partial charge in [0.05, 0.1) is 16.6 Å². The molecule has 1 radical (unpaired) electrons. The summed E-state index contributed by atoms with van der Waals surface area (Å²) in [6, 6.07) is 47.6. The average Bonchev–Trinajstić information content (AvgIpc) is 3.06. The maximum atomic E-state index is 4.87. The number of anilines is 3. The molecule has 0 aliphatic heterocycles. The van der Waals surface area contributed by atoms with Gasteiger partial charge in [0.2, 0.25) is 0 Å². The fourth-order valence-corrected chi connectivity index (χ4v) is 5.07. The quantitative estimate of drug-likeness (QED) is 0.104. The molecule has 0 unspecified atom stereocenters. The van der Waals surface area contributed by atoms with Crippen molar-refractivity contribution >= 4 is 60.9 Å². The number of nitrogens with zero attached hydrogens (tertiary/aromatic N) is 5. The first-order chi connectivity index (χ1) is 20.4. The van der Waals surface area contributed by atoms with Crippen molar-refractivity contribution in [1.82, 2.24) is 19.9 Å². The topological polar surface area (TPSA) is 54.8 Å². The standard InChI is InChI=1S/C20H11N2.C16H13N3.Ir/c1-3-9-15-13(7-1)14-8-2-4-10-16(14)20-19(15)21-17-11-5-6-12-18(17)22-20;1-2-8-14(9-3-1)19(15-10-4-6-12-17-15)16-11-5-7-13-18-16;/h1-9,11-12H;1-13H;/q-1;;. The molecular formula is C36H24IrN5-. The van der Waals surface area contributed by atoms with Gasteiger partial charge in [-0.25, -0.2) is 9.97 Å². The van der Waals surface area contributed by atoms with E-state index < -0.39 is 0 Å². The van der Waals surface area contributed by atoms with Crippen LogP contribution < -0.4 is 4.90 Å². The molecule has 8 rings (SSSR count). The van der Waals surface area contributed by atoms with Crippen LogP contribution in [0.5, 0.6) is 0 Å². The zero-order chi connectivity index (χ0) is 27.4. The largest absolute Gasteiger partial charge is 0.292 e. The van der Waals surface area contributed by atoms with Gasteiger partial charge in [-0.15, -0.1) is 29.7 Å². The van der Waals surface area contributed by atoms with E-state index in [1.54, 1.807) is 12.4 Å². The van der Waals surface area contributed by atoms with Crippen LogP contribution in [0.2, 0.25) is 0 Å². The number of pyridine rings is 2. The molecule has 5 aromatic carbocycles. The van der Waals surface area contributed by atoms with Gasteiger partial charge < -0.3 is 0 Å². The summed E-state index contributed by atoms with van der Waals surface area (Å²) in [4.78, 5) is 20.6. The van der Waals surface area contributed by atoms with E-state index in [1.165, 1.54) is 10.8 Å². The smallest absolute Gasteiger partial charge is 0.138 e. The third-order valence-corrected chi connectivity index (χ3v) is 6.91. The SMILES string of the molecule is [Ir].[c-]1cccc2c1c1nc3ccccc3nc1c1ccccc21.c1ccc(N(c2ccccn2)c2ccccn2)cc1. The van der Waals surface area contributed by atoms with Crippen molar-refractivity contribution in [3.05, 3.63) is 152 Å². The molecule has 0 spiro atoms. The van der Waals surface area contributed by atoms with Crippen LogP contribution in [0.25, 0.3) is 43.6 Å². The van der Waals surface area contributed by atoms with Crippen molar-refractivity contribution in [3.63, 3.8) is 0 Å². The van der Waals surface area contributed by atoms with Crippen LogP contribution in [-0.2, 0) is 20.1 Å². The van der Waals surface area contributed by atoms with E-state index in [0.29, 0.717) is 0 Å². The van der Waals surface area contributed by atoms with Crippen molar-refractivity contribution in [3.8, 4) is 0 Å². The molecule has 0 fully saturated rings. The summed E-state index contributed by atoms with van der Waals surface area (Å²) in [6.45, 7) is 0. The van der Waals surface area contributed by atoms with Gasteiger partial charge in [-0.1, -0.05) is 77.5 Å². The number of hydrogen-bond acceptors (Lipinski definition) is 5. The minimum atomic E-state index is 0. The van der Waals surface area contributed by atoms with E-state index in [-0.39, 0.29) is 20.1 Å². The van der Waals surface area contributed by atoms with Gasteiger partial charge in [-0.05, 0) is 53.9 Å². The Labute approximate surface area is 256 Å². The minimum absolute atomic E-state index is 0. The third-order valence-electron chi connectivity index (χ3n) is 6.91. The number of aromatic nitrogens is 4. The second-order valence-electron chi connectivity index (χ2n) is 9.46. The van der Waals surface area contributed by atoms with Crippen LogP contribution in [0.3, 0.4) is 0 Å². The van der Waals surface area contributed by atoms with Crippen molar-refractivity contribution < 1.29 is 20.1 Å². The summed E-state index contributed by atoms with van der Waals surface area (Å²) in [5, 5.41) is 4.55. The molecule has 0 N–H and O–H groups in total. The predicted molar refractivity (Wildman–Crippen MR) is 168 cm³/mol. The van der Waals surface area contributed by atoms with Crippen LogP contribution in [0, 0.1) is 6.07 Å². The molecule has 0 atom stereocenters. The maximum Gasteiger partial charge on any atom is 0.138 e. The second kappa shape index (κ2) is 12.2. The molecule has 42 heavy (non-hydrogen) atoms. The zero-order valence-electron chi connectivity index (χ0n) is 22.4. The van der Waals surface area contributed by atoms with Crippen LogP contribution >= 0.6 is 0 Å². The molecule has 3 heterocycles. The molecule has 0 aliphatic rings. The summed E-state index contributed by atoms with van der Waals surface area (Å²) in [5.41, 5.74) is 4.76. The molecule has 5 nitrogen and oxygen atoms in total. The van der Waals surface area contributed by atoms with E-state index in [0.717, 1.165) is 50.2 Å². The van der Waals surface area contributed by atoms with Crippen LogP contribution in [0.4, 0.5) is 17.3 Å². The molecule has 0 amide bonds. The predicted octanol–water partition coefficient (Wildman–Crippen LogP) is 8.83. The van der Waals surface area contributed by atoms with Gasteiger partial charge in [0.15, 0.2) is 0 Å². The molecule has 203 valence electrons. The summed E-state index contributed by atoms with van der Waals surface area (Å²) < 4.78 is 0. The molecule has 0 bridgehead atoms. The Morgan fingerprint density at radius 3 is 1.67 bits per heavy atom. The van der Waals surface area contributed by atoms with Gasteiger partial charge in [-0.3, -0.25) is 14.9 Å². The molecule has 0 aliphatic carbocycles. The second-order valence-corrected chi connectivity index (χ2v) is 9.46. The van der Waals surface area contributed by atoms with Crippen molar-refractivity contribution in [2.75, 3.05) is 4.90 Å². The maximum absolute atomic E-state index is 4.87. The molecule has 6 heteroatoms. The number of para-hydroxylation sites is 3. The Hall–Kier alpha value is -5.03.